The highest BCUT2D eigenvalue weighted by molar-refractivity contribution is 6.31. The summed E-state index contributed by atoms with van der Waals surface area (Å²) in [5.41, 5.74) is -0.231. The lowest BCUT2D eigenvalue weighted by Crippen LogP contribution is -2.47. The van der Waals surface area contributed by atoms with Gasteiger partial charge >= 0.3 is 5.97 Å². The first kappa shape index (κ1) is 19.2. The topological polar surface area (TPSA) is 98.5 Å². The zero-order valence-corrected chi connectivity index (χ0v) is 16.2. The first-order chi connectivity index (χ1) is 13.3. The quantitative estimate of drug-likeness (QED) is 0.430. The molecule has 0 atom stereocenters. The summed E-state index contributed by atoms with van der Waals surface area (Å²) in [6.07, 6.45) is 7.54. The number of rotatable bonds is 6. The fourth-order valence-electron chi connectivity index (χ4n) is 5.96. The van der Waals surface area contributed by atoms with E-state index in [1.165, 1.54) is 37.5 Å². The summed E-state index contributed by atoms with van der Waals surface area (Å²) >= 11 is 5.85. The number of hydrogen-bond donors (Lipinski definition) is 1. The maximum atomic E-state index is 12.4. The summed E-state index contributed by atoms with van der Waals surface area (Å²) < 4.78 is 5.19. The van der Waals surface area contributed by atoms with Crippen LogP contribution in [0.15, 0.2) is 18.2 Å². The molecule has 4 aliphatic rings. The molecule has 0 spiro atoms. The van der Waals surface area contributed by atoms with Crippen molar-refractivity contribution in [3.8, 4) is 0 Å². The number of nitro groups is 1. The van der Waals surface area contributed by atoms with E-state index >= 15 is 0 Å². The molecule has 1 aromatic rings. The minimum absolute atomic E-state index is 0.0142. The number of anilines is 1. The molecule has 8 heteroatoms. The lowest BCUT2D eigenvalue weighted by Gasteiger charge is -2.56. The third kappa shape index (κ3) is 3.99. The van der Waals surface area contributed by atoms with Crippen LogP contribution in [0.25, 0.3) is 0 Å². The molecule has 0 aromatic heterocycles. The summed E-state index contributed by atoms with van der Waals surface area (Å²) in [6, 6.07) is 3.90. The molecule has 4 fully saturated rings. The fraction of sp³-hybridized carbons (Fsp3) is 0.600. The number of hydrogen-bond acceptors (Lipinski definition) is 5. The van der Waals surface area contributed by atoms with E-state index in [9.17, 15) is 19.7 Å². The Morgan fingerprint density at radius 1 is 1.18 bits per heavy atom. The predicted molar refractivity (Wildman–Crippen MR) is 103 cm³/mol. The van der Waals surface area contributed by atoms with E-state index < -0.39 is 17.4 Å². The van der Waals surface area contributed by atoms with Crippen molar-refractivity contribution in [2.45, 2.75) is 44.9 Å². The van der Waals surface area contributed by atoms with Crippen molar-refractivity contribution in [1.29, 1.82) is 0 Å². The zero-order valence-electron chi connectivity index (χ0n) is 15.5. The number of nitrogens with zero attached hydrogens (tertiary/aromatic N) is 1. The van der Waals surface area contributed by atoms with Crippen molar-refractivity contribution < 1.29 is 19.2 Å². The molecular formula is C20H23ClN2O5. The molecule has 4 bridgehead atoms. The van der Waals surface area contributed by atoms with Crippen molar-refractivity contribution in [1.82, 2.24) is 0 Å². The lowest BCUT2D eigenvalue weighted by molar-refractivity contribution is -0.383. The van der Waals surface area contributed by atoms with Crippen molar-refractivity contribution in [2.75, 3.05) is 11.9 Å². The maximum Gasteiger partial charge on any atom is 0.306 e. The van der Waals surface area contributed by atoms with Gasteiger partial charge in [-0.05, 0) is 73.8 Å². The number of halogens is 1. The predicted octanol–water partition coefficient (Wildman–Crippen LogP) is 4.34. The highest BCUT2D eigenvalue weighted by Gasteiger charge is 2.51. The fourth-order valence-corrected chi connectivity index (χ4v) is 6.14. The van der Waals surface area contributed by atoms with E-state index in [-0.39, 0.29) is 27.8 Å². The molecule has 0 aliphatic heterocycles. The second kappa shape index (κ2) is 7.35. The number of amides is 1. The van der Waals surface area contributed by atoms with E-state index in [1.54, 1.807) is 0 Å². The van der Waals surface area contributed by atoms with Crippen LogP contribution in [-0.4, -0.2) is 23.4 Å². The first-order valence-corrected chi connectivity index (χ1v) is 10.1. The Morgan fingerprint density at radius 3 is 2.36 bits per heavy atom. The molecule has 0 unspecified atom stereocenters. The van der Waals surface area contributed by atoms with Crippen LogP contribution in [0.5, 0.6) is 0 Å². The molecule has 1 amide bonds. The summed E-state index contributed by atoms with van der Waals surface area (Å²) in [5.74, 6) is 1.24. The number of carbonyl (C=O) groups excluding carboxylic acids is 2. The van der Waals surface area contributed by atoms with Gasteiger partial charge in [0.2, 0.25) is 0 Å². The van der Waals surface area contributed by atoms with Crippen LogP contribution in [0.2, 0.25) is 5.02 Å². The van der Waals surface area contributed by atoms with Crippen LogP contribution in [0.1, 0.15) is 44.9 Å². The molecule has 5 rings (SSSR count). The van der Waals surface area contributed by atoms with Gasteiger partial charge < -0.3 is 10.1 Å². The largest absolute Gasteiger partial charge is 0.456 e. The minimum Gasteiger partial charge on any atom is -0.456 e. The van der Waals surface area contributed by atoms with Gasteiger partial charge in [-0.15, -0.1) is 0 Å². The van der Waals surface area contributed by atoms with Gasteiger partial charge in [-0.25, -0.2) is 0 Å². The van der Waals surface area contributed by atoms with Gasteiger partial charge in [0, 0.05) is 11.1 Å². The third-order valence-corrected chi connectivity index (χ3v) is 6.71. The Morgan fingerprint density at radius 2 is 1.79 bits per heavy atom. The van der Waals surface area contributed by atoms with Gasteiger partial charge in [0.1, 0.15) is 5.69 Å². The van der Waals surface area contributed by atoms with Gasteiger partial charge in [0.25, 0.3) is 11.6 Å². The molecular weight excluding hydrogens is 384 g/mol. The maximum absolute atomic E-state index is 12.4. The van der Waals surface area contributed by atoms with Gasteiger partial charge in [-0.2, -0.15) is 0 Å². The van der Waals surface area contributed by atoms with Gasteiger partial charge in [-0.1, -0.05) is 11.6 Å². The number of nitro benzene ring substituents is 1. The van der Waals surface area contributed by atoms with E-state index in [4.69, 9.17) is 16.3 Å². The van der Waals surface area contributed by atoms with Crippen molar-refractivity contribution in [3.05, 3.63) is 33.3 Å². The number of esters is 1. The molecule has 0 heterocycles. The van der Waals surface area contributed by atoms with E-state index in [1.807, 2.05) is 0 Å². The van der Waals surface area contributed by atoms with Crippen molar-refractivity contribution >= 4 is 34.9 Å². The number of benzene rings is 1. The molecule has 28 heavy (non-hydrogen) atoms. The van der Waals surface area contributed by atoms with E-state index in [0.717, 1.165) is 37.0 Å². The van der Waals surface area contributed by atoms with E-state index in [2.05, 4.69) is 5.32 Å². The Kier molecular flexibility index (Phi) is 5.04. The normalized spacial score (nSPS) is 30.1. The molecule has 1 aromatic carbocycles. The Balaban J connectivity index is 1.31. The molecule has 0 saturated heterocycles. The van der Waals surface area contributed by atoms with E-state index in [0.29, 0.717) is 6.42 Å². The Bertz CT molecular complexity index is 790. The molecule has 4 aliphatic carbocycles. The molecule has 150 valence electrons. The summed E-state index contributed by atoms with van der Waals surface area (Å²) in [5, 5.41) is 13.7. The summed E-state index contributed by atoms with van der Waals surface area (Å²) in [6.45, 7) is -0.463. The Labute approximate surface area is 167 Å². The van der Waals surface area contributed by atoms with Crippen molar-refractivity contribution in [2.24, 2.45) is 23.2 Å². The van der Waals surface area contributed by atoms with Crippen LogP contribution in [0.3, 0.4) is 0 Å². The summed E-state index contributed by atoms with van der Waals surface area (Å²) in [4.78, 5) is 34.9. The molecule has 1 N–H and O–H groups in total. The minimum atomic E-state index is -0.621. The van der Waals surface area contributed by atoms with Crippen LogP contribution in [-0.2, 0) is 14.3 Å². The average Bonchev–Trinajstić information content (AvgIpc) is 2.58. The third-order valence-electron chi connectivity index (χ3n) is 6.48. The monoisotopic (exact) mass is 406 g/mol. The van der Waals surface area contributed by atoms with Gasteiger partial charge in [0.05, 0.1) is 11.3 Å². The number of carbonyl (C=O) groups is 2. The zero-order chi connectivity index (χ0) is 19.9. The standard InChI is InChI=1S/C20H23ClN2O5/c21-15-1-2-17(23(26)27)16(6-15)22-18(24)11-28-19(25)10-20-7-12-3-13(8-20)5-14(4-12)9-20/h1-2,6,12-14H,3-5,7-11H2,(H,22,24). The number of nitrogens with one attached hydrogen (secondary N) is 1. The number of ether oxygens (including phenoxy) is 1. The molecule has 7 nitrogen and oxygen atoms in total. The second-order valence-corrected chi connectivity index (χ2v) is 9.16. The lowest BCUT2D eigenvalue weighted by atomic mass is 9.49. The highest BCUT2D eigenvalue weighted by atomic mass is 35.5. The average molecular weight is 407 g/mol. The van der Waals surface area contributed by atoms with Crippen molar-refractivity contribution in [3.63, 3.8) is 0 Å². The SMILES string of the molecule is O=C(COC(=O)CC12CC3CC(CC(C3)C1)C2)Nc1cc(Cl)ccc1[N+](=O)[O-]. The van der Waals surface area contributed by atoms with Crippen LogP contribution in [0, 0.1) is 33.3 Å². The highest BCUT2D eigenvalue weighted by Crippen LogP contribution is 2.61. The molecule has 4 saturated carbocycles. The van der Waals surface area contributed by atoms with Gasteiger partial charge in [0.15, 0.2) is 6.61 Å². The van der Waals surface area contributed by atoms with Crippen LogP contribution < -0.4 is 5.32 Å². The Hall–Kier alpha value is -2.15. The van der Waals surface area contributed by atoms with Crippen LogP contribution in [0.4, 0.5) is 11.4 Å². The smallest absolute Gasteiger partial charge is 0.306 e. The summed E-state index contributed by atoms with van der Waals surface area (Å²) in [7, 11) is 0. The van der Waals surface area contributed by atoms with Crippen LogP contribution >= 0.6 is 11.6 Å². The van der Waals surface area contributed by atoms with Gasteiger partial charge in [-0.3, -0.25) is 19.7 Å². The first-order valence-electron chi connectivity index (χ1n) is 9.71. The second-order valence-electron chi connectivity index (χ2n) is 8.72. The molecule has 0 radical (unpaired) electrons.